The van der Waals surface area contributed by atoms with E-state index in [-0.39, 0.29) is 17.3 Å². The first-order valence-electron chi connectivity index (χ1n) is 5.07. The van der Waals surface area contributed by atoms with Crippen LogP contribution in [0.25, 0.3) is 5.70 Å². The Bertz CT molecular complexity index is 537. The molecule has 0 bridgehead atoms. The van der Waals surface area contributed by atoms with Crippen LogP contribution in [0, 0.1) is 17.1 Å². The van der Waals surface area contributed by atoms with Crippen LogP contribution in [-0.2, 0) is 0 Å². The summed E-state index contributed by atoms with van der Waals surface area (Å²) in [5, 5.41) is 17.8. The lowest BCUT2D eigenvalue weighted by Crippen LogP contribution is -2.27. The Morgan fingerprint density at radius 3 is 2.78 bits per heavy atom. The number of hydrogen-bond donors (Lipinski definition) is 1. The van der Waals surface area contributed by atoms with E-state index in [1.807, 2.05) is 0 Å². The molecule has 0 fully saturated rings. The van der Waals surface area contributed by atoms with Gasteiger partial charge >= 0.3 is 6.09 Å². The van der Waals surface area contributed by atoms with Crippen molar-refractivity contribution in [2.45, 2.75) is 6.92 Å². The molecule has 4 nitrogen and oxygen atoms in total. The van der Waals surface area contributed by atoms with Crippen LogP contribution in [-0.4, -0.2) is 22.6 Å². The summed E-state index contributed by atoms with van der Waals surface area (Å²) in [6, 6.07) is 5.32. The summed E-state index contributed by atoms with van der Waals surface area (Å²) in [5.41, 5.74) is 0.418. The number of carboxylic acid groups (broad SMARTS) is 1. The molecule has 0 unspecified atom stereocenters. The summed E-state index contributed by atoms with van der Waals surface area (Å²) in [5.74, 6) is -0.529. The van der Waals surface area contributed by atoms with Gasteiger partial charge in [0, 0.05) is 18.2 Å². The van der Waals surface area contributed by atoms with Crippen molar-refractivity contribution in [3.63, 3.8) is 0 Å². The fourth-order valence-electron chi connectivity index (χ4n) is 1.47. The van der Waals surface area contributed by atoms with Crippen molar-refractivity contribution in [3.05, 3.63) is 40.7 Å². The van der Waals surface area contributed by atoms with E-state index >= 15 is 0 Å². The zero-order chi connectivity index (χ0) is 13.7. The Morgan fingerprint density at radius 2 is 2.33 bits per heavy atom. The maximum absolute atomic E-state index is 12.9. The van der Waals surface area contributed by atoms with E-state index in [2.05, 4.69) is 0 Å². The second-order valence-electron chi connectivity index (χ2n) is 3.31. The van der Waals surface area contributed by atoms with Gasteiger partial charge in [0.05, 0.1) is 16.8 Å². The molecule has 0 aliphatic rings. The number of nitriles is 1. The number of nitrogens with zero attached hydrogens (tertiary/aromatic N) is 2. The number of carbonyl (C=O) groups is 1. The SMILES string of the molecule is CCN(C(=O)O)C(=CC#N)c1ccc(F)cc1Cl. The zero-order valence-corrected chi connectivity index (χ0v) is 10.3. The third kappa shape index (κ3) is 2.99. The van der Waals surface area contributed by atoms with Gasteiger partial charge in [-0.05, 0) is 25.1 Å². The molecule has 0 aliphatic carbocycles. The molecule has 1 aromatic carbocycles. The first-order valence-corrected chi connectivity index (χ1v) is 5.44. The molecule has 0 saturated carbocycles. The van der Waals surface area contributed by atoms with Crippen molar-refractivity contribution in [1.29, 1.82) is 5.26 Å². The lowest BCUT2D eigenvalue weighted by Gasteiger charge is -2.20. The summed E-state index contributed by atoms with van der Waals surface area (Å²) >= 11 is 5.86. The van der Waals surface area contributed by atoms with E-state index in [1.54, 1.807) is 13.0 Å². The molecule has 18 heavy (non-hydrogen) atoms. The van der Waals surface area contributed by atoms with Crippen LogP contribution in [0.5, 0.6) is 0 Å². The first kappa shape index (κ1) is 14.0. The quantitative estimate of drug-likeness (QED) is 0.855. The molecule has 0 radical (unpaired) electrons. The molecule has 94 valence electrons. The van der Waals surface area contributed by atoms with Gasteiger partial charge in [-0.3, -0.25) is 4.90 Å². The number of halogens is 2. The van der Waals surface area contributed by atoms with Gasteiger partial charge in [-0.25, -0.2) is 9.18 Å². The maximum atomic E-state index is 12.9. The number of rotatable bonds is 3. The maximum Gasteiger partial charge on any atom is 0.411 e. The molecule has 1 aromatic rings. The largest absolute Gasteiger partial charge is 0.465 e. The Labute approximate surface area is 109 Å². The lowest BCUT2D eigenvalue weighted by molar-refractivity contribution is 0.168. The average molecular weight is 269 g/mol. The van der Waals surface area contributed by atoms with Crippen molar-refractivity contribution in [2.75, 3.05) is 6.54 Å². The summed E-state index contributed by atoms with van der Waals surface area (Å²) in [6.07, 6.45) is -0.143. The van der Waals surface area contributed by atoms with Gasteiger partial charge in [0.15, 0.2) is 0 Å². The van der Waals surface area contributed by atoms with Gasteiger partial charge in [0.25, 0.3) is 0 Å². The predicted octanol–water partition coefficient (Wildman–Crippen LogP) is 3.34. The Kier molecular flexibility index (Phi) is 4.69. The average Bonchev–Trinajstić information content (AvgIpc) is 2.28. The van der Waals surface area contributed by atoms with Gasteiger partial charge in [-0.2, -0.15) is 5.26 Å². The van der Waals surface area contributed by atoms with Gasteiger partial charge < -0.3 is 5.11 Å². The van der Waals surface area contributed by atoms with E-state index in [9.17, 15) is 9.18 Å². The number of allylic oxidation sites excluding steroid dienone is 1. The van der Waals surface area contributed by atoms with Crippen LogP contribution in [0.15, 0.2) is 24.3 Å². The molecule has 1 amide bonds. The molecule has 0 spiro atoms. The van der Waals surface area contributed by atoms with Gasteiger partial charge in [-0.1, -0.05) is 11.6 Å². The molecular formula is C12H10ClFN2O2. The van der Waals surface area contributed by atoms with Crippen LogP contribution < -0.4 is 0 Å². The van der Waals surface area contributed by atoms with E-state index < -0.39 is 11.9 Å². The highest BCUT2D eigenvalue weighted by Crippen LogP contribution is 2.27. The molecule has 1 rings (SSSR count). The smallest absolute Gasteiger partial charge is 0.411 e. The van der Waals surface area contributed by atoms with Crippen molar-refractivity contribution >= 4 is 23.4 Å². The summed E-state index contributed by atoms with van der Waals surface area (Å²) in [4.78, 5) is 12.0. The molecule has 0 aromatic heterocycles. The monoisotopic (exact) mass is 268 g/mol. The highest BCUT2D eigenvalue weighted by atomic mass is 35.5. The van der Waals surface area contributed by atoms with Gasteiger partial charge in [0.1, 0.15) is 5.82 Å². The standard InChI is InChI=1S/C12H10ClFN2O2/c1-2-16(12(17)18)11(5-6-15)9-4-3-8(14)7-10(9)13/h3-5,7H,2H2,1H3,(H,17,18). The second-order valence-corrected chi connectivity index (χ2v) is 3.72. The minimum Gasteiger partial charge on any atom is -0.465 e. The van der Waals surface area contributed by atoms with E-state index in [0.717, 1.165) is 23.1 Å². The van der Waals surface area contributed by atoms with Crippen LogP contribution in [0.1, 0.15) is 12.5 Å². The second kappa shape index (κ2) is 6.03. The fourth-order valence-corrected chi connectivity index (χ4v) is 1.73. The van der Waals surface area contributed by atoms with Crippen LogP contribution >= 0.6 is 11.6 Å². The first-order chi connectivity index (χ1) is 8.51. The molecule has 6 heteroatoms. The Balaban J connectivity index is 3.34. The summed E-state index contributed by atoms with van der Waals surface area (Å²) < 4.78 is 12.9. The molecule has 0 atom stereocenters. The van der Waals surface area contributed by atoms with Crippen LogP contribution in [0.3, 0.4) is 0 Å². The van der Waals surface area contributed by atoms with Crippen LogP contribution in [0.4, 0.5) is 9.18 Å². The Hall–Kier alpha value is -2.06. The minimum absolute atomic E-state index is 0.0520. The van der Waals surface area contributed by atoms with Crippen molar-refractivity contribution in [1.82, 2.24) is 4.90 Å². The van der Waals surface area contributed by atoms with Gasteiger partial charge in [0.2, 0.25) is 0 Å². The molecule has 0 saturated heterocycles. The number of amides is 1. The number of hydrogen-bond acceptors (Lipinski definition) is 2. The molecule has 0 heterocycles. The fraction of sp³-hybridized carbons (Fsp3) is 0.167. The van der Waals surface area contributed by atoms with Gasteiger partial charge in [-0.15, -0.1) is 0 Å². The predicted molar refractivity (Wildman–Crippen MR) is 65.4 cm³/mol. The Morgan fingerprint density at radius 1 is 1.67 bits per heavy atom. The van der Waals surface area contributed by atoms with E-state index in [1.165, 1.54) is 6.07 Å². The third-order valence-electron chi connectivity index (χ3n) is 2.25. The van der Waals surface area contributed by atoms with Crippen molar-refractivity contribution in [3.8, 4) is 6.07 Å². The normalized spacial score (nSPS) is 10.9. The molecular weight excluding hydrogens is 259 g/mol. The zero-order valence-electron chi connectivity index (χ0n) is 9.52. The van der Waals surface area contributed by atoms with Crippen LogP contribution in [0.2, 0.25) is 5.02 Å². The lowest BCUT2D eigenvalue weighted by atomic mass is 10.1. The highest BCUT2D eigenvalue weighted by Gasteiger charge is 2.19. The highest BCUT2D eigenvalue weighted by molar-refractivity contribution is 6.32. The van der Waals surface area contributed by atoms with E-state index in [0.29, 0.717) is 5.56 Å². The summed E-state index contributed by atoms with van der Waals surface area (Å²) in [6.45, 7) is 1.77. The summed E-state index contributed by atoms with van der Waals surface area (Å²) in [7, 11) is 0. The topological polar surface area (TPSA) is 64.3 Å². The molecule has 0 aliphatic heterocycles. The number of benzene rings is 1. The molecule has 1 N–H and O–H groups in total. The minimum atomic E-state index is -1.21. The third-order valence-corrected chi connectivity index (χ3v) is 2.56. The van der Waals surface area contributed by atoms with Crippen molar-refractivity contribution < 1.29 is 14.3 Å². The van der Waals surface area contributed by atoms with Crippen molar-refractivity contribution in [2.24, 2.45) is 0 Å². The van der Waals surface area contributed by atoms with E-state index in [4.69, 9.17) is 22.0 Å².